The Labute approximate surface area is 71.1 Å². The van der Waals surface area contributed by atoms with Crippen molar-refractivity contribution < 1.29 is 9.53 Å². The molecule has 1 aromatic heterocycles. The van der Waals surface area contributed by atoms with Gasteiger partial charge in [-0.15, -0.1) is 0 Å². The maximum Gasteiger partial charge on any atom is 0.305 e. The predicted molar refractivity (Wildman–Crippen MR) is 43.5 cm³/mol. The van der Waals surface area contributed by atoms with E-state index in [4.69, 9.17) is 0 Å². The summed E-state index contributed by atoms with van der Waals surface area (Å²) >= 11 is 0. The van der Waals surface area contributed by atoms with Gasteiger partial charge in [-0.05, 0) is 6.07 Å². The van der Waals surface area contributed by atoms with Crippen LogP contribution >= 0.6 is 0 Å². The molecule has 0 spiro atoms. The van der Waals surface area contributed by atoms with E-state index >= 15 is 0 Å². The maximum atomic E-state index is 10.7. The molecule has 0 aliphatic heterocycles. The molecule has 0 unspecified atom stereocenters. The first-order chi connectivity index (χ1) is 5.72. The van der Waals surface area contributed by atoms with Crippen LogP contribution in [0.5, 0.6) is 0 Å². The average molecular weight is 168 g/mol. The average Bonchev–Trinajstić information content (AvgIpc) is 2.47. The van der Waals surface area contributed by atoms with Gasteiger partial charge in [0.05, 0.1) is 19.2 Å². The van der Waals surface area contributed by atoms with E-state index in [1.54, 1.807) is 4.68 Å². The Morgan fingerprint density at radius 3 is 3.00 bits per heavy atom. The third kappa shape index (κ3) is 2.38. The standard InChI is InChI=1S/C8H12N2O2/c1-10-6-5-7(9-10)3-4-8(11)12-2/h5-6H,3-4H2,1-2H3. The summed E-state index contributed by atoms with van der Waals surface area (Å²) < 4.78 is 6.22. The molecule has 0 aliphatic carbocycles. The van der Waals surface area contributed by atoms with Gasteiger partial charge in [-0.2, -0.15) is 5.10 Å². The lowest BCUT2D eigenvalue weighted by molar-refractivity contribution is -0.140. The molecule has 0 radical (unpaired) electrons. The molecule has 0 aliphatic rings. The number of carbonyl (C=O) groups excluding carboxylic acids is 1. The second kappa shape index (κ2) is 3.90. The molecule has 0 amide bonds. The van der Waals surface area contributed by atoms with Gasteiger partial charge in [0.25, 0.3) is 0 Å². The molecule has 4 nitrogen and oxygen atoms in total. The molecular formula is C8H12N2O2. The van der Waals surface area contributed by atoms with Crippen LogP contribution in [0, 0.1) is 0 Å². The van der Waals surface area contributed by atoms with E-state index in [1.807, 2.05) is 19.3 Å². The van der Waals surface area contributed by atoms with Crippen LogP contribution in [0.1, 0.15) is 12.1 Å². The third-order valence-corrected chi connectivity index (χ3v) is 1.58. The van der Waals surface area contributed by atoms with Gasteiger partial charge in [0.15, 0.2) is 0 Å². The van der Waals surface area contributed by atoms with Crippen LogP contribution in [-0.4, -0.2) is 22.9 Å². The second-order valence-electron chi connectivity index (χ2n) is 2.56. The Morgan fingerprint density at radius 2 is 2.50 bits per heavy atom. The summed E-state index contributed by atoms with van der Waals surface area (Å²) in [6.45, 7) is 0. The van der Waals surface area contributed by atoms with Gasteiger partial charge in [0, 0.05) is 19.7 Å². The molecule has 4 heteroatoms. The zero-order valence-corrected chi connectivity index (χ0v) is 7.28. The third-order valence-electron chi connectivity index (χ3n) is 1.58. The summed E-state index contributed by atoms with van der Waals surface area (Å²) in [6.07, 6.45) is 2.90. The highest BCUT2D eigenvalue weighted by atomic mass is 16.5. The summed E-state index contributed by atoms with van der Waals surface area (Å²) in [5.41, 5.74) is 0.919. The topological polar surface area (TPSA) is 44.1 Å². The van der Waals surface area contributed by atoms with E-state index in [0.29, 0.717) is 12.8 Å². The highest BCUT2D eigenvalue weighted by molar-refractivity contribution is 5.69. The van der Waals surface area contributed by atoms with Gasteiger partial charge in [0.1, 0.15) is 0 Å². The molecule has 66 valence electrons. The number of ether oxygens (including phenoxy) is 1. The first-order valence-corrected chi connectivity index (χ1v) is 3.77. The summed E-state index contributed by atoms with van der Waals surface area (Å²) in [5.74, 6) is -0.194. The Kier molecular flexibility index (Phi) is 2.85. The van der Waals surface area contributed by atoms with E-state index in [2.05, 4.69) is 9.84 Å². The number of rotatable bonds is 3. The Hall–Kier alpha value is -1.32. The molecule has 0 fully saturated rings. The van der Waals surface area contributed by atoms with Crippen LogP contribution in [0.2, 0.25) is 0 Å². The van der Waals surface area contributed by atoms with Crippen molar-refractivity contribution in [1.82, 2.24) is 9.78 Å². The van der Waals surface area contributed by atoms with Crippen LogP contribution < -0.4 is 0 Å². The van der Waals surface area contributed by atoms with Crippen molar-refractivity contribution >= 4 is 5.97 Å². The zero-order valence-electron chi connectivity index (χ0n) is 7.28. The molecule has 1 aromatic rings. The fourth-order valence-electron chi connectivity index (χ4n) is 0.929. The van der Waals surface area contributed by atoms with Crippen molar-refractivity contribution in [3.05, 3.63) is 18.0 Å². The van der Waals surface area contributed by atoms with Crippen LogP contribution in [0.25, 0.3) is 0 Å². The van der Waals surface area contributed by atoms with Gasteiger partial charge in [-0.1, -0.05) is 0 Å². The lowest BCUT2D eigenvalue weighted by Gasteiger charge is -1.95. The molecule has 0 saturated heterocycles. The van der Waals surface area contributed by atoms with Crippen molar-refractivity contribution in [3.63, 3.8) is 0 Å². The van der Waals surface area contributed by atoms with E-state index in [0.717, 1.165) is 5.69 Å². The quantitative estimate of drug-likeness (QED) is 0.618. The molecule has 0 atom stereocenters. The van der Waals surface area contributed by atoms with E-state index in [-0.39, 0.29) is 5.97 Å². The summed E-state index contributed by atoms with van der Waals surface area (Å²) in [6, 6.07) is 1.89. The zero-order chi connectivity index (χ0) is 8.97. The predicted octanol–water partition coefficient (Wildman–Crippen LogP) is 0.526. The van der Waals surface area contributed by atoms with Gasteiger partial charge < -0.3 is 4.74 Å². The molecule has 0 saturated carbocycles. The molecule has 1 heterocycles. The minimum Gasteiger partial charge on any atom is -0.469 e. The molecule has 0 bridgehead atoms. The number of hydrogen-bond acceptors (Lipinski definition) is 3. The molecule has 1 rings (SSSR count). The first kappa shape index (κ1) is 8.77. The lowest BCUT2D eigenvalue weighted by Crippen LogP contribution is -2.02. The maximum absolute atomic E-state index is 10.7. The van der Waals surface area contributed by atoms with Gasteiger partial charge in [-0.25, -0.2) is 0 Å². The number of aryl methyl sites for hydroxylation is 2. The van der Waals surface area contributed by atoms with E-state index in [1.165, 1.54) is 7.11 Å². The second-order valence-corrected chi connectivity index (χ2v) is 2.56. The van der Waals surface area contributed by atoms with Crippen molar-refractivity contribution in [2.75, 3.05) is 7.11 Å². The molecule has 0 aromatic carbocycles. The Balaban J connectivity index is 2.38. The van der Waals surface area contributed by atoms with Crippen molar-refractivity contribution in [2.45, 2.75) is 12.8 Å². The Morgan fingerprint density at radius 1 is 1.75 bits per heavy atom. The lowest BCUT2D eigenvalue weighted by atomic mass is 10.2. The van der Waals surface area contributed by atoms with E-state index in [9.17, 15) is 4.79 Å². The van der Waals surface area contributed by atoms with Crippen LogP contribution in [0.15, 0.2) is 12.3 Å². The number of esters is 1. The van der Waals surface area contributed by atoms with E-state index < -0.39 is 0 Å². The van der Waals surface area contributed by atoms with Crippen molar-refractivity contribution in [1.29, 1.82) is 0 Å². The Bertz CT molecular complexity index is 268. The summed E-state index contributed by atoms with van der Waals surface area (Å²) in [4.78, 5) is 10.7. The van der Waals surface area contributed by atoms with Gasteiger partial charge in [-0.3, -0.25) is 9.48 Å². The van der Waals surface area contributed by atoms with Crippen molar-refractivity contribution in [2.24, 2.45) is 7.05 Å². The highest BCUT2D eigenvalue weighted by Crippen LogP contribution is 1.99. The highest BCUT2D eigenvalue weighted by Gasteiger charge is 2.02. The number of carbonyl (C=O) groups is 1. The molecular weight excluding hydrogens is 156 g/mol. The first-order valence-electron chi connectivity index (χ1n) is 3.77. The fourth-order valence-corrected chi connectivity index (χ4v) is 0.929. The van der Waals surface area contributed by atoms with Gasteiger partial charge >= 0.3 is 5.97 Å². The SMILES string of the molecule is COC(=O)CCc1ccn(C)n1. The molecule has 12 heavy (non-hydrogen) atoms. The van der Waals surface area contributed by atoms with Crippen LogP contribution in [-0.2, 0) is 23.0 Å². The normalized spacial score (nSPS) is 9.83. The van der Waals surface area contributed by atoms with Crippen LogP contribution in [0.3, 0.4) is 0 Å². The number of nitrogens with zero attached hydrogens (tertiary/aromatic N) is 2. The minimum atomic E-state index is -0.194. The molecule has 0 N–H and O–H groups in total. The summed E-state index contributed by atoms with van der Waals surface area (Å²) in [5, 5.41) is 4.13. The number of aromatic nitrogens is 2. The smallest absolute Gasteiger partial charge is 0.305 e. The largest absolute Gasteiger partial charge is 0.469 e. The summed E-state index contributed by atoms with van der Waals surface area (Å²) in [7, 11) is 3.24. The monoisotopic (exact) mass is 168 g/mol. The fraction of sp³-hybridized carbons (Fsp3) is 0.500. The minimum absolute atomic E-state index is 0.194. The number of methoxy groups -OCH3 is 1. The van der Waals surface area contributed by atoms with Crippen molar-refractivity contribution in [3.8, 4) is 0 Å². The van der Waals surface area contributed by atoms with Gasteiger partial charge in [0.2, 0.25) is 0 Å². The number of hydrogen-bond donors (Lipinski definition) is 0. The van der Waals surface area contributed by atoms with Crippen LogP contribution in [0.4, 0.5) is 0 Å².